The van der Waals surface area contributed by atoms with Crippen LogP contribution in [0.3, 0.4) is 0 Å². The molecule has 3 rings (SSSR count). The highest BCUT2D eigenvalue weighted by molar-refractivity contribution is 6.35. The molecule has 0 aliphatic rings. The monoisotopic (exact) mass is 257 g/mol. The van der Waals surface area contributed by atoms with E-state index in [4.69, 9.17) is 21.8 Å². The van der Waals surface area contributed by atoms with Crippen LogP contribution in [0.15, 0.2) is 40.8 Å². The number of hydrogen-bond donors (Lipinski definition) is 1. The Morgan fingerprint density at radius 3 is 2.72 bits per heavy atom. The second kappa shape index (κ2) is 4.44. The van der Waals surface area contributed by atoms with E-state index in [0.717, 1.165) is 16.6 Å². The van der Waals surface area contributed by atoms with Gasteiger partial charge in [0.15, 0.2) is 5.58 Å². The van der Waals surface area contributed by atoms with Crippen molar-refractivity contribution in [2.45, 2.75) is 6.54 Å². The Hall–Kier alpha value is -1.84. The lowest BCUT2D eigenvalue weighted by molar-refractivity contribution is 0.533. The number of rotatable bonds is 2. The van der Waals surface area contributed by atoms with Gasteiger partial charge in [0.25, 0.3) is 0 Å². The summed E-state index contributed by atoms with van der Waals surface area (Å²) in [5.74, 6) is 0.491. The van der Waals surface area contributed by atoms with Crippen LogP contribution in [0.2, 0.25) is 5.02 Å². The van der Waals surface area contributed by atoms with E-state index in [1.807, 2.05) is 36.4 Å². The fourth-order valence-electron chi connectivity index (χ4n) is 1.87. The Kier molecular flexibility index (Phi) is 2.78. The highest BCUT2D eigenvalue weighted by atomic mass is 35.5. The number of hydrogen-bond acceptors (Lipinski definition) is 3. The molecule has 0 unspecified atom stereocenters. The molecule has 3 nitrogen and oxygen atoms in total. The molecule has 0 saturated carbocycles. The molecule has 0 amide bonds. The second-order valence-corrected chi connectivity index (χ2v) is 4.31. The van der Waals surface area contributed by atoms with Crippen molar-refractivity contribution in [3.05, 3.63) is 53.4 Å². The van der Waals surface area contributed by atoms with Crippen molar-refractivity contribution in [1.29, 1.82) is 0 Å². The van der Waals surface area contributed by atoms with E-state index in [9.17, 15) is 0 Å². The number of halogens is 1. The molecule has 18 heavy (non-hydrogen) atoms. The van der Waals surface area contributed by atoms with E-state index >= 15 is 0 Å². The molecule has 0 fully saturated rings. The Morgan fingerprint density at radius 1 is 1.22 bits per heavy atom. The fraction of sp³-hybridized carbons (Fsp3) is 0.0714. The molecule has 89 valence electrons. The summed E-state index contributed by atoms with van der Waals surface area (Å²) in [5.41, 5.74) is 8.89. The van der Waals surface area contributed by atoms with Gasteiger partial charge in [0.1, 0.15) is 5.52 Å². The number of nitrogens with zero attached hydrogens (tertiary/aromatic N) is 1. The summed E-state index contributed by atoms with van der Waals surface area (Å²) in [5, 5.41) is 0.544. The molecule has 0 aliphatic heterocycles. The average Bonchev–Trinajstić information content (AvgIpc) is 2.83. The minimum atomic E-state index is 0.265. The van der Waals surface area contributed by atoms with Crippen LogP contribution in [-0.2, 0) is 6.54 Å². The zero-order valence-corrected chi connectivity index (χ0v) is 10.2. The van der Waals surface area contributed by atoms with E-state index < -0.39 is 0 Å². The van der Waals surface area contributed by atoms with Gasteiger partial charge in [0.05, 0.1) is 11.6 Å². The third-order valence-corrected chi connectivity index (χ3v) is 3.00. The number of aromatic nitrogens is 1. The Morgan fingerprint density at radius 2 is 2.00 bits per heavy atom. The van der Waals surface area contributed by atoms with Gasteiger partial charge in [-0.05, 0) is 29.3 Å². The van der Waals surface area contributed by atoms with Crippen molar-refractivity contribution >= 4 is 22.7 Å². The quantitative estimate of drug-likeness (QED) is 0.765. The summed E-state index contributed by atoms with van der Waals surface area (Å²) in [7, 11) is 0. The summed E-state index contributed by atoms with van der Waals surface area (Å²) >= 11 is 6.20. The van der Waals surface area contributed by atoms with Crippen molar-refractivity contribution in [1.82, 2.24) is 4.98 Å². The Balaban J connectivity index is 2.21. The largest absolute Gasteiger partial charge is 0.438 e. The van der Waals surface area contributed by atoms with Crippen LogP contribution >= 0.6 is 11.6 Å². The number of fused-ring (bicyclic) bond motifs is 1. The normalized spacial score (nSPS) is 11.0. The minimum absolute atomic E-state index is 0.265. The summed E-state index contributed by atoms with van der Waals surface area (Å²) in [6.07, 6.45) is 0. The molecule has 0 atom stereocenters. The molecule has 0 aliphatic carbocycles. The molecule has 4 heteroatoms. The van der Waals surface area contributed by atoms with Gasteiger partial charge in [-0.2, -0.15) is 0 Å². The molecule has 1 aromatic heterocycles. The third-order valence-electron chi connectivity index (χ3n) is 2.72. The van der Waals surface area contributed by atoms with Gasteiger partial charge in [-0.25, -0.2) is 4.98 Å². The molecule has 0 saturated heterocycles. The van der Waals surface area contributed by atoms with Gasteiger partial charge in [0.2, 0.25) is 5.89 Å². The zero-order valence-electron chi connectivity index (χ0n) is 9.48. The topological polar surface area (TPSA) is 52.0 Å². The highest BCUT2D eigenvalue weighted by Gasteiger charge is 2.10. The van der Waals surface area contributed by atoms with Gasteiger partial charge < -0.3 is 10.2 Å². The maximum atomic E-state index is 6.20. The standard InChI is InChI=1S/C14H10ClN2O/c15-11-6-10(9-4-2-1-3-5-9)7-12-14(11)18-13(8-16)17-12/h2-7H,8,16H2. The lowest BCUT2D eigenvalue weighted by Gasteiger charge is -2.01. The van der Waals surface area contributed by atoms with Gasteiger partial charge in [0, 0.05) is 0 Å². The minimum Gasteiger partial charge on any atom is -0.438 e. The highest BCUT2D eigenvalue weighted by Crippen LogP contribution is 2.30. The summed E-state index contributed by atoms with van der Waals surface area (Å²) in [6, 6.07) is 14.5. The molecule has 2 N–H and O–H groups in total. The molecule has 0 spiro atoms. The van der Waals surface area contributed by atoms with Crippen LogP contribution < -0.4 is 5.73 Å². The molecule has 0 bridgehead atoms. The summed E-state index contributed by atoms with van der Waals surface area (Å²) < 4.78 is 5.46. The lowest BCUT2D eigenvalue weighted by Crippen LogP contribution is -1.94. The first kappa shape index (κ1) is 11.3. The van der Waals surface area contributed by atoms with Gasteiger partial charge >= 0.3 is 0 Å². The number of benzene rings is 2. The van der Waals surface area contributed by atoms with E-state index in [2.05, 4.69) is 11.1 Å². The fourth-order valence-corrected chi connectivity index (χ4v) is 2.12. The number of nitrogens with two attached hydrogens (primary N) is 1. The number of oxazole rings is 1. The summed E-state index contributed by atoms with van der Waals surface area (Å²) in [4.78, 5) is 4.29. The van der Waals surface area contributed by atoms with Crippen LogP contribution in [0.1, 0.15) is 5.89 Å². The van der Waals surface area contributed by atoms with Gasteiger partial charge in [-0.15, -0.1) is 0 Å². The maximum Gasteiger partial charge on any atom is 0.209 e. The van der Waals surface area contributed by atoms with Crippen LogP contribution in [0.25, 0.3) is 22.2 Å². The summed E-state index contributed by atoms with van der Waals surface area (Å²) in [6.45, 7) is 0.265. The van der Waals surface area contributed by atoms with Crippen molar-refractivity contribution in [3.63, 3.8) is 0 Å². The van der Waals surface area contributed by atoms with Crippen LogP contribution in [-0.4, -0.2) is 4.98 Å². The van der Waals surface area contributed by atoms with Crippen molar-refractivity contribution in [2.24, 2.45) is 5.73 Å². The first-order chi connectivity index (χ1) is 8.78. The van der Waals surface area contributed by atoms with Crippen LogP contribution in [0.4, 0.5) is 0 Å². The lowest BCUT2D eigenvalue weighted by atomic mass is 10.1. The smallest absolute Gasteiger partial charge is 0.209 e. The van der Waals surface area contributed by atoms with Crippen molar-refractivity contribution < 1.29 is 4.42 Å². The molecule has 3 aromatic rings. The van der Waals surface area contributed by atoms with Crippen molar-refractivity contribution in [3.8, 4) is 11.1 Å². The second-order valence-electron chi connectivity index (χ2n) is 3.91. The predicted molar refractivity (Wildman–Crippen MR) is 71.2 cm³/mol. The molecule has 1 radical (unpaired) electrons. The van der Waals surface area contributed by atoms with Crippen LogP contribution in [0, 0.1) is 6.07 Å². The molecular formula is C14H10ClN2O. The van der Waals surface area contributed by atoms with Crippen LogP contribution in [0.5, 0.6) is 0 Å². The Bertz CT molecular complexity index is 692. The predicted octanol–water partition coefficient (Wildman–Crippen LogP) is 3.41. The first-order valence-corrected chi connectivity index (χ1v) is 5.91. The first-order valence-electron chi connectivity index (χ1n) is 5.53. The van der Waals surface area contributed by atoms with E-state index in [0.29, 0.717) is 16.5 Å². The molecular weight excluding hydrogens is 248 g/mol. The van der Waals surface area contributed by atoms with E-state index in [1.54, 1.807) is 0 Å². The van der Waals surface area contributed by atoms with Gasteiger partial charge in [-0.3, -0.25) is 0 Å². The zero-order chi connectivity index (χ0) is 12.5. The van der Waals surface area contributed by atoms with Crippen molar-refractivity contribution in [2.75, 3.05) is 0 Å². The van der Waals surface area contributed by atoms with E-state index in [-0.39, 0.29) is 6.54 Å². The molecule has 2 aromatic carbocycles. The SMILES string of the molecule is NCc1nc2cc(-c3cc[c]cc3)cc(Cl)c2o1. The average molecular weight is 258 g/mol. The Labute approximate surface area is 109 Å². The molecule has 1 heterocycles. The maximum absolute atomic E-state index is 6.20. The van der Waals surface area contributed by atoms with Gasteiger partial charge in [-0.1, -0.05) is 35.9 Å². The van der Waals surface area contributed by atoms with E-state index in [1.165, 1.54) is 0 Å². The third kappa shape index (κ3) is 1.88.